The fourth-order valence-electron chi connectivity index (χ4n) is 9.86. The fraction of sp³-hybridized carbons (Fsp3) is 0.935. The molecule has 0 aromatic heterocycles. The minimum absolute atomic E-state index is 0.00478. The molecule has 2 N–H and O–H groups in total. The van der Waals surface area contributed by atoms with Crippen LogP contribution < -0.4 is 10.6 Å². The van der Waals surface area contributed by atoms with Crippen molar-refractivity contribution in [3.63, 3.8) is 0 Å². The Morgan fingerprint density at radius 3 is 2.34 bits per heavy atom. The maximum atomic E-state index is 14.3. The lowest BCUT2D eigenvalue weighted by Crippen LogP contribution is -2.70. The molecule has 10 nitrogen and oxygen atoms in total. The van der Waals surface area contributed by atoms with E-state index >= 15 is 0 Å². The third-order valence-electron chi connectivity index (χ3n) is 11.7. The molecule has 6 aliphatic rings. The Labute approximate surface area is 244 Å². The summed E-state index contributed by atoms with van der Waals surface area (Å²) in [7, 11) is 6.90. The number of amides is 2. The van der Waals surface area contributed by atoms with Gasteiger partial charge in [0.1, 0.15) is 6.10 Å². The molecule has 2 amide bonds. The summed E-state index contributed by atoms with van der Waals surface area (Å²) in [5, 5.41) is 7.04. The number of piperidine rings is 2. The van der Waals surface area contributed by atoms with E-state index in [2.05, 4.69) is 15.5 Å². The Morgan fingerprint density at radius 2 is 1.61 bits per heavy atom. The van der Waals surface area contributed by atoms with Crippen molar-refractivity contribution in [3.8, 4) is 0 Å². The highest BCUT2D eigenvalue weighted by Crippen LogP contribution is 2.54. The number of rotatable bonds is 8. The number of nitrogens with one attached hydrogen (secondary N) is 2. The average molecular weight is 578 g/mol. The van der Waals surface area contributed by atoms with Crippen LogP contribution in [0.2, 0.25) is 0 Å². The maximum Gasteiger partial charge on any atom is 0.249 e. The third-order valence-corrected chi connectivity index (χ3v) is 11.7. The number of nitrogens with zero attached hydrogens (tertiary/aromatic N) is 1. The topological polar surface area (TPSA) is 108 Å². The number of fused-ring (bicyclic) bond motifs is 5. The lowest BCUT2D eigenvalue weighted by molar-refractivity contribution is -0.175. The van der Waals surface area contributed by atoms with E-state index in [4.69, 9.17) is 23.7 Å². The van der Waals surface area contributed by atoms with E-state index in [-0.39, 0.29) is 72.3 Å². The van der Waals surface area contributed by atoms with Crippen molar-refractivity contribution in [2.45, 2.75) is 126 Å². The lowest BCUT2D eigenvalue weighted by atomic mass is 9.64. The largest absolute Gasteiger partial charge is 0.381 e. The predicted molar refractivity (Wildman–Crippen MR) is 151 cm³/mol. The number of hydrogen-bond acceptors (Lipinski definition) is 8. The molecule has 14 atom stereocenters. The summed E-state index contributed by atoms with van der Waals surface area (Å²) in [5.74, 6) is 1.19. The minimum atomic E-state index is -0.542. The Balaban J connectivity index is 1.12. The Hall–Kier alpha value is -1.30. The van der Waals surface area contributed by atoms with Crippen LogP contribution >= 0.6 is 0 Å². The van der Waals surface area contributed by atoms with Crippen molar-refractivity contribution in [1.29, 1.82) is 0 Å². The highest BCUT2D eigenvalue weighted by molar-refractivity contribution is 5.83. The monoisotopic (exact) mass is 577 g/mol. The summed E-state index contributed by atoms with van der Waals surface area (Å²) < 4.78 is 29.4. The molecule has 3 saturated carbocycles. The molecule has 0 aromatic rings. The molecule has 13 unspecified atom stereocenters. The minimum Gasteiger partial charge on any atom is -0.381 e. The smallest absolute Gasteiger partial charge is 0.249 e. The average Bonchev–Trinajstić information content (AvgIpc) is 3.33. The first-order valence-corrected chi connectivity index (χ1v) is 16.0. The first-order chi connectivity index (χ1) is 19.9. The Kier molecular flexibility index (Phi) is 8.97. The van der Waals surface area contributed by atoms with E-state index in [1.165, 1.54) is 0 Å². The van der Waals surface area contributed by atoms with Crippen LogP contribution in [0.4, 0.5) is 0 Å². The van der Waals surface area contributed by atoms with Crippen LogP contribution in [0.5, 0.6) is 0 Å². The van der Waals surface area contributed by atoms with Gasteiger partial charge in [-0.1, -0.05) is 0 Å². The normalized spacial score (nSPS) is 46.3. The molecule has 10 heteroatoms. The molecule has 3 aliphatic heterocycles. The van der Waals surface area contributed by atoms with Crippen LogP contribution in [0, 0.1) is 23.7 Å². The van der Waals surface area contributed by atoms with Crippen molar-refractivity contribution in [2.24, 2.45) is 23.7 Å². The summed E-state index contributed by atoms with van der Waals surface area (Å²) in [5.41, 5.74) is 0. The van der Waals surface area contributed by atoms with Gasteiger partial charge >= 0.3 is 0 Å². The first kappa shape index (κ1) is 29.8. The number of ether oxygens (including phenoxy) is 5. The van der Waals surface area contributed by atoms with Crippen LogP contribution in [-0.4, -0.2) is 112 Å². The fourth-order valence-corrected chi connectivity index (χ4v) is 9.86. The van der Waals surface area contributed by atoms with Gasteiger partial charge in [0.05, 0.1) is 48.5 Å². The van der Waals surface area contributed by atoms with E-state index in [0.29, 0.717) is 17.9 Å². The highest BCUT2D eigenvalue weighted by Gasteiger charge is 2.64. The molecular formula is C31H51N3O7. The molecule has 6 fully saturated rings. The van der Waals surface area contributed by atoms with Crippen molar-refractivity contribution >= 4 is 11.8 Å². The summed E-state index contributed by atoms with van der Waals surface area (Å²) in [6, 6.07) is 0.714. The van der Waals surface area contributed by atoms with Crippen LogP contribution in [0.25, 0.3) is 0 Å². The zero-order valence-electron chi connectivity index (χ0n) is 25.5. The lowest BCUT2D eigenvalue weighted by Gasteiger charge is -2.55. The summed E-state index contributed by atoms with van der Waals surface area (Å²) >= 11 is 0. The molecule has 232 valence electrons. The van der Waals surface area contributed by atoms with Gasteiger partial charge in [-0.3, -0.25) is 9.59 Å². The molecule has 0 spiro atoms. The van der Waals surface area contributed by atoms with Crippen LogP contribution in [0.15, 0.2) is 0 Å². The molecule has 6 rings (SSSR count). The van der Waals surface area contributed by atoms with Gasteiger partial charge in [-0.2, -0.15) is 0 Å². The van der Waals surface area contributed by atoms with E-state index in [0.717, 1.165) is 64.3 Å². The van der Waals surface area contributed by atoms with E-state index in [1.807, 2.05) is 6.92 Å². The van der Waals surface area contributed by atoms with E-state index in [9.17, 15) is 9.59 Å². The second-order valence-corrected chi connectivity index (χ2v) is 13.4. The summed E-state index contributed by atoms with van der Waals surface area (Å²) in [4.78, 5) is 29.8. The third kappa shape index (κ3) is 5.24. The summed E-state index contributed by atoms with van der Waals surface area (Å²) in [6.45, 7) is 2.85. The van der Waals surface area contributed by atoms with Gasteiger partial charge < -0.3 is 39.2 Å². The SMILES string of the molecule is COC1CCC(OC)C(NC(=O)[C@@H](C)OC2CCC3C(C2)C2CCNC4C5CCC(OC)C(OC)C5C(=O)N3C24)C1. The van der Waals surface area contributed by atoms with Crippen LogP contribution in [-0.2, 0) is 33.3 Å². The Bertz CT molecular complexity index is 953. The van der Waals surface area contributed by atoms with E-state index in [1.54, 1.807) is 28.4 Å². The first-order valence-electron chi connectivity index (χ1n) is 16.0. The maximum absolute atomic E-state index is 14.3. The van der Waals surface area contributed by atoms with Gasteiger partial charge in [-0.25, -0.2) is 0 Å². The van der Waals surface area contributed by atoms with Gasteiger partial charge in [-0.05, 0) is 89.0 Å². The molecule has 3 heterocycles. The van der Waals surface area contributed by atoms with Crippen molar-refractivity contribution < 1.29 is 33.3 Å². The molecule has 3 saturated heterocycles. The molecule has 0 bridgehead atoms. The molecule has 0 radical (unpaired) electrons. The molecule has 3 aliphatic carbocycles. The quantitative estimate of drug-likeness (QED) is 0.451. The molecular weight excluding hydrogens is 526 g/mol. The van der Waals surface area contributed by atoms with Crippen molar-refractivity contribution in [3.05, 3.63) is 0 Å². The molecule has 41 heavy (non-hydrogen) atoms. The highest BCUT2D eigenvalue weighted by atomic mass is 16.5. The van der Waals surface area contributed by atoms with E-state index < -0.39 is 6.10 Å². The second-order valence-electron chi connectivity index (χ2n) is 13.4. The number of carbonyl (C=O) groups is 2. The summed E-state index contributed by atoms with van der Waals surface area (Å²) in [6.07, 6.45) is 7.62. The van der Waals surface area contributed by atoms with Gasteiger partial charge in [0.15, 0.2) is 0 Å². The second kappa shape index (κ2) is 12.4. The van der Waals surface area contributed by atoms with Gasteiger partial charge in [0.2, 0.25) is 11.8 Å². The molecule has 0 aromatic carbocycles. The number of hydrogen-bond donors (Lipinski definition) is 2. The van der Waals surface area contributed by atoms with Gasteiger partial charge in [0.25, 0.3) is 0 Å². The van der Waals surface area contributed by atoms with Crippen LogP contribution in [0.3, 0.4) is 0 Å². The van der Waals surface area contributed by atoms with Crippen LogP contribution in [0.1, 0.15) is 64.7 Å². The van der Waals surface area contributed by atoms with Gasteiger partial charge in [0, 0.05) is 40.5 Å². The van der Waals surface area contributed by atoms with Crippen molar-refractivity contribution in [2.75, 3.05) is 35.0 Å². The van der Waals surface area contributed by atoms with Gasteiger partial charge in [-0.15, -0.1) is 0 Å². The standard InChI is InChI=1S/C31H51N3O7/c1-16(30(35)33-22-15-17(37-2)7-10-24(22)38-3)41-18-6-9-23-21(14-18)19-12-13-32-27-20-8-11-25(39-4)29(40-5)26(20)31(36)34(23)28(19)27/h16-29,32H,6-15H2,1-5H3,(H,33,35)/t16-,17?,18?,19?,20?,21?,22?,23?,24?,25?,26?,27?,28?,29?/m1/s1. The van der Waals surface area contributed by atoms with Crippen molar-refractivity contribution in [1.82, 2.24) is 15.5 Å². The number of carbonyl (C=O) groups excluding carboxylic acids is 2. The zero-order chi connectivity index (χ0) is 28.8. The Morgan fingerprint density at radius 1 is 0.854 bits per heavy atom. The predicted octanol–water partition coefficient (Wildman–Crippen LogP) is 1.89. The number of methoxy groups -OCH3 is 4. The zero-order valence-corrected chi connectivity index (χ0v) is 25.5.